The summed E-state index contributed by atoms with van der Waals surface area (Å²) in [5, 5.41) is 3.08. The highest BCUT2D eigenvalue weighted by Crippen LogP contribution is 1.66. The van der Waals surface area contributed by atoms with Gasteiger partial charge in [-0.05, 0) is 6.92 Å². The predicted octanol–water partition coefficient (Wildman–Crippen LogP) is -1.12. The molecular formula is C5H15N3. The molecule has 3 nitrogen and oxygen atoms in total. The van der Waals surface area contributed by atoms with Crippen LogP contribution in [0.25, 0.3) is 0 Å². The van der Waals surface area contributed by atoms with E-state index in [1.165, 1.54) is 0 Å². The summed E-state index contributed by atoms with van der Waals surface area (Å²) in [5.41, 5.74) is 10.6. The molecular weight excluding hydrogens is 102 g/mol. The summed E-state index contributed by atoms with van der Waals surface area (Å²) >= 11 is 0. The van der Waals surface area contributed by atoms with Gasteiger partial charge >= 0.3 is 0 Å². The first-order valence-corrected chi connectivity index (χ1v) is 2.93. The SMILES string of the molecule is C[C@H](N)CNCCN. The van der Waals surface area contributed by atoms with E-state index < -0.39 is 0 Å². The molecule has 0 unspecified atom stereocenters. The van der Waals surface area contributed by atoms with Crippen molar-refractivity contribution in [3.63, 3.8) is 0 Å². The Hall–Kier alpha value is -0.120. The maximum Gasteiger partial charge on any atom is 0.0136 e. The average Bonchev–Trinajstić information content (AvgIpc) is 1.66. The molecule has 0 aromatic heterocycles. The molecule has 0 aliphatic rings. The summed E-state index contributed by atoms with van der Waals surface area (Å²) < 4.78 is 0. The molecule has 0 saturated carbocycles. The monoisotopic (exact) mass is 117 g/mol. The Kier molecular flexibility index (Phi) is 4.95. The van der Waals surface area contributed by atoms with Crippen molar-refractivity contribution in [2.75, 3.05) is 19.6 Å². The molecule has 0 bridgehead atoms. The van der Waals surface area contributed by atoms with E-state index in [4.69, 9.17) is 11.5 Å². The molecule has 8 heavy (non-hydrogen) atoms. The molecule has 0 amide bonds. The Balaban J connectivity index is 2.72. The van der Waals surface area contributed by atoms with Gasteiger partial charge in [0.25, 0.3) is 0 Å². The van der Waals surface area contributed by atoms with Gasteiger partial charge in [-0.1, -0.05) is 0 Å². The molecule has 0 saturated heterocycles. The fraction of sp³-hybridized carbons (Fsp3) is 1.00. The third-order valence-corrected chi connectivity index (χ3v) is 0.787. The van der Waals surface area contributed by atoms with Crippen LogP contribution in [-0.4, -0.2) is 25.7 Å². The second-order valence-corrected chi connectivity index (χ2v) is 1.97. The number of hydrogen-bond donors (Lipinski definition) is 3. The van der Waals surface area contributed by atoms with Crippen LogP contribution in [0, 0.1) is 0 Å². The van der Waals surface area contributed by atoms with Gasteiger partial charge in [-0.2, -0.15) is 0 Å². The van der Waals surface area contributed by atoms with Crippen molar-refractivity contribution in [1.82, 2.24) is 5.32 Å². The standard InChI is InChI=1S/C5H15N3/c1-5(7)4-8-3-2-6/h5,8H,2-4,6-7H2,1H3/t5-/m0/s1. The van der Waals surface area contributed by atoms with Crippen LogP contribution >= 0.6 is 0 Å². The molecule has 0 rings (SSSR count). The Morgan fingerprint density at radius 3 is 2.62 bits per heavy atom. The number of nitrogens with two attached hydrogens (primary N) is 2. The molecule has 0 aromatic rings. The Morgan fingerprint density at radius 1 is 1.62 bits per heavy atom. The highest BCUT2D eigenvalue weighted by molar-refractivity contribution is 4.56. The average molecular weight is 117 g/mol. The zero-order valence-electron chi connectivity index (χ0n) is 5.35. The van der Waals surface area contributed by atoms with E-state index >= 15 is 0 Å². The maximum atomic E-state index is 5.43. The minimum absolute atomic E-state index is 0.238. The number of nitrogens with one attached hydrogen (secondary N) is 1. The summed E-state index contributed by atoms with van der Waals surface area (Å²) in [6, 6.07) is 0.238. The smallest absolute Gasteiger partial charge is 0.0136 e. The fourth-order valence-electron chi connectivity index (χ4n) is 0.432. The van der Waals surface area contributed by atoms with Crippen LogP contribution in [0.1, 0.15) is 6.92 Å². The van der Waals surface area contributed by atoms with Crippen molar-refractivity contribution in [3.8, 4) is 0 Å². The van der Waals surface area contributed by atoms with E-state index in [0.717, 1.165) is 13.1 Å². The van der Waals surface area contributed by atoms with Gasteiger partial charge in [-0.3, -0.25) is 0 Å². The van der Waals surface area contributed by atoms with E-state index in [0.29, 0.717) is 6.54 Å². The fourth-order valence-corrected chi connectivity index (χ4v) is 0.432. The highest BCUT2D eigenvalue weighted by Gasteiger charge is 1.88. The highest BCUT2D eigenvalue weighted by atomic mass is 14.9. The molecule has 0 aromatic carbocycles. The lowest BCUT2D eigenvalue weighted by Gasteiger charge is -2.04. The third kappa shape index (κ3) is 5.88. The van der Waals surface area contributed by atoms with Gasteiger partial charge in [0.2, 0.25) is 0 Å². The van der Waals surface area contributed by atoms with Crippen LogP contribution in [0.4, 0.5) is 0 Å². The molecule has 0 heterocycles. The van der Waals surface area contributed by atoms with Gasteiger partial charge in [-0.15, -0.1) is 0 Å². The summed E-state index contributed by atoms with van der Waals surface area (Å²) in [5.74, 6) is 0. The third-order valence-electron chi connectivity index (χ3n) is 0.787. The minimum atomic E-state index is 0.238. The molecule has 0 spiro atoms. The summed E-state index contributed by atoms with van der Waals surface area (Å²) in [4.78, 5) is 0. The maximum absolute atomic E-state index is 5.43. The second kappa shape index (κ2) is 5.03. The molecule has 3 heteroatoms. The molecule has 0 aliphatic carbocycles. The van der Waals surface area contributed by atoms with Gasteiger partial charge < -0.3 is 16.8 Å². The van der Waals surface area contributed by atoms with E-state index in [1.807, 2.05) is 6.92 Å². The van der Waals surface area contributed by atoms with Crippen molar-refractivity contribution < 1.29 is 0 Å². The van der Waals surface area contributed by atoms with E-state index in [1.54, 1.807) is 0 Å². The zero-order valence-corrected chi connectivity index (χ0v) is 5.35. The lowest BCUT2D eigenvalue weighted by molar-refractivity contribution is 0.613. The van der Waals surface area contributed by atoms with Crippen LogP contribution in [0.15, 0.2) is 0 Å². The van der Waals surface area contributed by atoms with Gasteiger partial charge in [0, 0.05) is 25.7 Å². The van der Waals surface area contributed by atoms with Crippen molar-refractivity contribution >= 4 is 0 Å². The van der Waals surface area contributed by atoms with Gasteiger partial charge in [-0.25, -0.2) is 0 Å². The first kappa shape index (κ1) is 7.88. The molecule has 0 radical (unpaired) electrons. The van der Waals surface area contributed by atoms with E-state index in [9.17, 15) is 0 Å². The van der Waals surface area contributed by atoms with Crippen molar-refractivity contribution in [2.24, 2.45) is 11.5 Å². The largest absolute Gasteiger partial charge is 0.329 e. The molecule has 50 valence electrons. The van der Waals surface area contributed by atoms with E-state index in [-0.39, 0.29) is 6.04 Å². The Morgan fingerprint density at radius 2 is 2.25 bits per heavy atom. The first-order valence-electron chi connectivity index (χ1n) is 2.93. The normalized spacial score (nSPS) is 13.9. The Labute approximate surface area is 50.4 Å². The van der Waals surface area contributed by atoms with Crippen LogP contribution in [-0.2, 0) is 0 Å². The quantitative estimate of drug-likeness (QED) is 0.409. The predicted molar refractivity (Wildman–Crippen MR) is 35.6 cm³/mol. The van der Waals surface area contributed by atoms with E-state index in [2.05, 4.69) is 5.32 Å². The van der Waals surface area contributed by atoms with Gasteiger partial charge in [0.15, 0.2) is 0 Å². The first-order chi connectivity index (χ1) is 3.77. The van der Waals surface area contributed by atoms with Crippen molar-refractivity contribution in [1.29, 1.82) is 0 Å². The van der Waals surface area contributed by atoms with Crippen LogP contribution in [0.3, 0.4) is 0 Å². The molecule has 0 aliphatic heterocycles. The molecule has 5 N–H and O–H groups in total. The molecule has 1 atom stereocenters. The second-order valence-electron chi connectivity index (χ2n) is 1.97. The van der Waals surface area contributed by atoms with Gasteiger partial charge in [0.1, 0.15) is 0 Å². The van der Waals surface area contributed by atoms with Gasteiger partial charge in [0.05, 0.1) is 0 Å². The van der Waals surface area contributed by atoms with Crippen molar-refractivity contribution in [3.05, 3.63) is 0 Å². The summed E-state index contributed by atoms with van der Waals surface area (Å²) in [7, 11) is 0. The number of hydrogen-bond acceptors (Lipinski definition) is 3. The van der Waals surface area contributed by atoms with Crippen molar-refractivity contribution in [2.45, 2.75) is 13.0 Å². The molecule has 0 fully saturated rings. The Bertz CT molecular complexity index is 44.9. The number of rotatable bonds is 4. The van der Waals surface area contributed by atoms with Crippen LogP contribution in [0.5, 0.6) is 0 Å². The van der Waals surface area contributed by atoms with Crippen LogP contribution < -0.4 is 16.8 Å². The lowest BCUT2D eigenvalue weighted by atomic mass is 10.4. The summed E-state index contributed by atoms with van der Waals surface area (Å²) in [6.07, 6.45) is 0. The topological polar surface area (TPSA) is 64.1 Å². The minimum Gasteiger partial charge on any atom is -0.329 e. The van der Waals surface area contributed by atoms with Crippen LogP contribution in [0.2, 0.25) is 0 Å². The zero-order chi connectivity index (χ0) is 6.41. The lowest BCUT2D eigenvalue weighted by Crippen LogP contribution is -2.33. The summed E-state index contributed by atoms with van der Waals surface area (Å²) in [6.45, 7) is 4.37.